The maximum atomic E-state index is 5.78. The maximum Gasteiger partial charge on any atom is 0.0854 e. The van der Waals surface area contributed by atoms with Crippen LogP contribution in [0, 0.1) is 0 Å². The lowest BCUT2D eigenvalue weighted by Gasteiger charge is -2.00. The first kappa shape index (κ1) is 20.5. The maximum absolute atomic E-state index is 5.78. The summed E-state index contributed by atoms with van der Waals surface area (Å²) in [5.74, 6) is 0. The molecule has 0 aliphatic rings. The molecule has 0 aliphatic heterocycles. The number of allylic oxidation sites excluding steroid dienone is 1. The van der Waals surface area contributed by atoms with Crippen molar-refractivity contribution in [2.24, 2.45) is 4.99 Å². The number of nitrogen functional groups attached to an aromatic ring is 1. The molecule has 0 heterocycles. The molecule has 0 bridgehead atoms. The summed E-state index contributed by atoms with van der Waals surface area (Å²) in [6.07, 6.45) is 6.16. The zero-order chi connectivity index (χ0) is 15.8. The standard InChI is InChI=1S/C14H20N2.C2H6.C2H4/c1-3-7-12(2)8-6-11-16-14-10-5-4-9-13(14)15;2*1-2/h4-5,9-11H,2-3,6-8,15H2,1H3;1-2H3;1-2H2. The Kier molecular flexibility index (Phi) is 15.6. The van der Waals surface area contributed by atoms with Crippen molar-refractivity contribution in [1.82, 2.24) is 0 Å². The van der Waals surface area contributed by atoms with Crippen molar-refractivity contribution < 1.29 is 0 Å². The van der Waals surface area contributed by atoms with Gasteiger partial charge in [-0.05, 0) is 31.4 Å². The lowest BCUT2D eigenvalue weighted by atomic mass is 10.1. The summed E-state index contributed by atoms with van der Waals surface area (Å²) in [7, 11) is 0. The van der Waals surface area contributed by atoms with Gasteiger partial charge >= 0.3 is 0 Å². The largest absolute Gasteiger partial charge is 0.397 e. The average molecular weight is 274 g/mol. The Morgan fingerprint density at radius 3 is 2.35 bits per heavy atom. The van der Waals surface area contributed by atoms with Crippen LogP contribution in [0.25, 0.3) is 0 Å². The van der Waals surface area contributed by atoms with Crippen LogP contribution in [0.4, 0.5) is 11.4 Å². The number of benzene rings is 1. The van der Waals surface area contributed by atoms with E-state index in [-0.39, 0.29) is 0 Å². The van der Waals surface area contributed by atoms with Gasteiger partial charge in [0.1, 0.15) is 0 Å². The quantitative estimate of drug-likeness (QED) is 0.389. The van der Waals surface area contributed by atoms with E-state index < -0.39 is 0 Å². The van der Waals surface area contributed by atoms with Gasteiger partial charge in [-0.15, -0.1) is 13.2 Å². The fraction of sp³-hybridized carbons (Fsp3) is 0.389. The minimum absolute atomic E-state index is 0.728. The topological polar surface area (TPSA) is 38.4 Å². The summed E-state index contributed by atoms with van der Waals surface area (Å²) in [5, 5.41) is 0. The third kappa shape index (κ3) is 10.1. The molecule has 0 radical (unpaired) electrons. The normalized spacial score (nSPS) is 9.15. The fourth-order valence-electron chi connectivity index (χ4n) is 1.52. The molecule has 112 valence electrons. The summed E-state index contributed by atoms with van der Waals surface area (Å²) in [4.78, 5) is 4.35. The van der Waals surface area contributed by atoms with Crippen LogP contribution in [-0.2, 0) is 0 Å². The molecule has 2 nitrogen and oxygen atoms in total. The molecule has 0 amide bonds. The Balaban J connectivity index is 0. The molecule has 0 atom stereocenters. The minimum atomic E-state index is 0.728. The Labute approximate surface area is 125 Å². The molecule has 0 saturated carbocycles. The Morgan fingerprint density at radius 2 is 1.80 bits per heavy atom. The van der Waals surface area contributed by atoms with E-state index in [0.29, 0.717) is 0 Å². The predicted molar refractivity (Wildman–Crippen MR) is 94.9 cm³/mol. The van der Waals surface area contributed by atoms with Gasteiger partial charge in [0.05, 0.1) is 11.4 Å². The van der Waals surface area contributed by atoms with Crippen molar-refractivity contribution in [3.8, 4) is 0 Å². The lowest BCUT2D eigenvalue weighted by Crippen LogP contribution is -1.85. The molecule has 0 spiro atoms. The second-order valence-corrected chi connectivity index (χ2v) is 3.91. The van der Waals surface area contributed by atoms with Crippen LogP contribution in [0.1, 0.15) is 46.5 Å². The van der Waals surface area contributed by atoms with Crippen LogP contribution in [-0.4, -0.2) is 6.21 Å². The van der Waals surface area contributed by atoms with E-state index in [9.17, 15) is 0 Å². The lowest BCUT2D eigenvalue weighted by molar-refractivity contribution is 0.847. The summed E-state index contributed by atoms with van der Waals surface area (Å²) < 4.78 is 0. The van der Waals surface area contributed by atoms with Crippen molar-refractivity contribution in [2.45, 2.75) is 46.5 Å². The summed E-state index contributed by atoms with van der Waals surface area (Å²) in [6.45, 7) is 16.2. The van der Waals surface area contributed by atoms with E-state index in [1.807, 2.05) is 44.3 Å². The third-order valence-electron chi connectivity index (χ3n) is 2.40. The Hall–Kier alpha value is -1.83. The number of aliphatic imine (C=N–C) groups is 1. The third-order valence-corrected chi connectivity index (χ3v) is 2.40. The van der Waals surface area contributed by atoms with Gasteiger partial charge < -0.3 is 5.73 Å². The van der Waals surface area contributed by atoms with Gasteiger partial charge in [0.15, 0.2) is 0 Å². The second kappa shape index (κ2) is 15.2. The highest BCUT2D eigenvalue weighted by molar-refractivity contribution is 5.70. The molecular formula is C18H30N2. The highest BCUT2D eigenvalue weighted by atomic mass is 14.8. The monoisotopic (exact) mass is 274 g/mol. The van der Waals surface area contributed by atoms with E-state index in [2.05, 4.69) is 31.7 Å². The zero-order valence-electron chi connectivity index (χ0n) is 13.4. The number of hydrogen-bond donors (Lipinski definition) is 1. The van der Waals surface area contributed by atoms with Gasteiger partial charge in [-0.2, -0.15) is 0 Å². The Bertz CT molecular complexity index is 381. The summed E-state index contributed by atoms with van der Waals surface area (Å²) >= 11 is 0. The van der Waals surface area contributed by atoms with Crippen molar-refractivity contribution in [1.29, 1.82) is 0 Å². The van der Waals surface area contributed by atoms with Crippen LogP contribution in [0.5, 0.6) is 0 Å². The molecule has 0 aliphatic carbocycles. The second-order valence-electron chi connectivity index (χ2n) is 3.91. The van der Waals surface area contributed by atoms with Gasteiger partial charge in [-0.1, -0.05) is 51.5 Å². The highest BCUT2D eigenvalue weighted by Crippen LogP contribution is 2.20. The molecule has 1 rings (SSSR count). The molecule has 1 aromatic carbocycles. The van der Waals surface area contributed by atoms with Crippen LogP contribution in [0.3, 0.4) is 0 Å². The first-order chi connectivity index (χ1) is 9.74. The van der Waals surface area contributed by atoms with Gasteiger partial charge in [0.25, 0.3) is 0 Å². The molecule has 2 N–H and O–H groups in total. The Morgan fingerprint density at radius 1 is 1.20 bits per heavy atom. The van der Waals surface area contributed by atoms with E-state index in [4.69, 9.17) is 5.73 Å². The van der Waals surface area contributed by atoms with Crippen LogP contribution >= 0.6 is 0 Å². The smallest absolute Gasteiger partial charge is 0.0854 e. The van der Waals surface area contributed by atoms with Crippen LogP contribution in [0.15, 0.2) is 54.6 Å². The van der Waals surface area contributed by atoms with Gasteiger partial charge in [-0.25, -0.2) is 0 Å². The minimum Gasteiger partial charge on any atom is -0.397 e. The first-order valence-electron chi connectivity index (χ1n) is 7.27. The molecule has 0 aromatic heterocycles. The number of anilines is 1. The van der Waals surface area contributed by atoms with Crippen molar-refractivity contribution in [3.05, 3.63) is 49.6 Å². The SMILES string of the molecule is C=C.C=C(CCC)CCC=Nc1ccccc1N.CC. The van der Waals surface area contributed by atoms with Gasteiger partial charge in [-0.3, -0.25) is 4.99 Å². The van der Waals surface area contributed by atoms with E-state index >= 15 is 0 Å². The zero-order valence-corrected chi connectivity index (χ0v) is 13.4. The average Bonchev–Trinajstić information content (AvgIpc) is 2.50. The molecule has 20 heavy (non-hydrogen) atoms. The molecule has 2 heteroatoms. The van der Waals surface area contributed by atoms with Gasteiger partial charge in [0, 0.05) is 6.21 Å². The predicted octanol–water partition coefficient (Wildman–Crippen LogP) is 5.94. The van der Waals surface area contributed by atoms with Crippen LogP contribution in [0.2, 0.25) is 0 Å². The van der Waals surface area contributed by atoms with Gasteiger partial charge in [0.2, 0.25) is 0 Å². The first-order valence-corrected chi connectivity index (χ1v) is 7.27. The molecule has 0 fully saturated rings. The molecule has 1 aromatic rings. The summed E-state index contributed by atoms with van der Waals surface area (Å²) in [6, 6.07) is 7.64. The number of nitrogens with zero attached hydrogens (tertiary/aromatic N) is 1. The number of hydrogen-bond acceptors (Lipinski definition) is 2. The van der Waals surface area contributed by atoms with E-state index in [1.54, 1.807) is 0 Å². The number of nitrogens with two attached hydrogens (primary N) is 1. The molecular weight excluding hydrogens is 244 g/mol. The van der Waals surface area contributed by atoms with Crippen molar-refractivity contribution in [3.63, 3.8) is 0 Å². The summed E-state index contributed by atoms with van der Waals surface area (Å²) in [5.41, 5.74) is 8.66. The fourth-order valence-corrected chi connectivity index (χ4v) is 1.52. The molecule has 0 saturated heterocycles. The molecule has 0 unspecified atom stereocenters. The van der Waals surface area contributed by atoms with Crippen LogP contribution < -0.4 is 5.73 Å². The number of para-hydroxylation sites is 2. The van der Waals surface area contributed by atoms with Crippen molar-refractivity contribution in [2.75, 3.05) is 5.73 Å². The van der Waals surface area contributed by atoms with Crippen molar-refractivity contribution >= 4 is 17.6 Å². The number of rotatable bonds is 6. The van der Waals surface area contributed by atoms with E-state index in [1.165, 1.54) is 12.0 Å². The highest BCUT2D eigenvalue weighted by Gasteiger charge is 1.93. The van der Waals surface area contributed by atoms with E-state index in [0.717, 1.165) is 30.6 Å².